The van der Waals surface area contributed by atoms with Crippen LogP contribution in [-0.4, -0.2) is 20.2 Å². The molecule has 0 spiro atoms. The number of hydrogen-bond acceptors (Lipinski definition) is 5. The van der Waals surface area contributed by atoms with Gasteiger partial charge in [0.25, 0.3) is 0 Å². The van der Waals surface area contributed by atoms with Crippen molar-refractivity contribution in [2.75, 3.05) is 5.32 Å². The molecule has 0 fully saturated rings. The normalized spacial score (nSPS) is 12.0. The lowest BCUT2D eigenvalue weighted by Gasteiger charge is -2.22. The third-order valence-corrected chi connectivity index (χ3v) is 4.52. The Kier molecular flexibility index (Phi) is 4.34. The average molecular weight is 357 g/mol. The SMILES string of the molecule is Cc1ccnc(N[C@@H](c2ccc(O)cc2)c2ccc3cccnc3c2O)c1. The van der Waals surface area contributed by atoms with Gasteiger partial charge in [0, 0.05) is 23.3 Å². The Morgan fingerprint density at radius 1 is 0.889 bits per heavy atom. The molecule has 0 aliphatic heterocycles. The molecular weight excluding hydrogens is 338 g/mol. The molecule has 0 aliphatic carbocycles. The number of phenolic OH excluding ortho intramolecular Hbond substituents is 2. The molecule has 0 amide bonds. The highest BCUT2D eigenvalue weighted by molar-refractivity contribution is 5.86. The maximum absolute atomic E-state index is 10.9. The lowest BCUT2D eigenvalue weighted by molar-refractivity contribution is 0.471. The van der Waals surface area contributed by atoms with Crippen LogP contribution < -0.4 is 5.32 Å². The first-order chi connectivity index (χ1) is 13.1. The molecule has 4 rings (SSSR count). The summed E-state index contributed by atoms with van der Waals surface area (Å²) in [6.07, 6.45) is 3.41. The summed E-state index contributed by atoms with van der Waals surface area (Å²) in [4.78, 5) is 8.70. The Labute approximate surface area is 157 Å². The predicted octanol–water partition coefficient (Wildman–Crippen LogP) is 4.55. The molecule has 0 radical (unpaired) electrons. The van der Waals surface area contributed by atoms with Crippen LogP contribution in [0.3, 0.4) is 0 Å². The molecule has 2 heterocycles. The first-order valence-corrected chi connectivity index (χ1v) is 8.66. The molecule has 134 valence electrons. The van der Waals surface area contributed by atoms with Crippen molar-refractivity contribution in [2.45, 2.75) is 13.0 Å². The Hall–Kier alpha value is -3.60. The van der Waals surface area contributed by atoms with Crippen LogP contribution >= 0.6 is 0 Å². The van der Waals surface area contributed by atoms with Crippen molar-refractivity contribution in [3.8, 4) is 11.5 Å². The number of fused-ring (bicyclic) bond motifs is 1. The summed E-state index contributed by atoms with van der Waals surface area (Å²) in [5.74, 6) is 1.02. The Balaban J connectivity index is 1.84. The third-order valence-electron chi connectivity index (χ3n) is 4.52. The zero-order chi connectivity index (χ0) is 18.8. The number of aromatic hydroxyl groups is 2. The molecule has 27 heavy (non-hydrogen) atoms. The number of nitrogens with one attached hydrogen (secondary N) is 1. The molecule has 0 aliphatic rings. The van der Waals surface area contributed by atoms with Crippen molar-refractivity contribution in [3.05, 3.63) is 89.7 Å². The number of anilines is 1. The molecule has 0 saturated carbocycles. The zero-order valence-electron chi connectivity index (χ0n) is 14.8. The van der Waals surface area contributed by atoms with E-state index in [9.17, 15) is 10.2 Å². The first kappa shape index (κ1) is 16.8. The van der Waals surface area contributed by atoms with Gasteiger partial charge in [-0.2, -0.15) is 0 Å². The van der Waals surface area contributed by atoms with Crippen LogP contribution in [0.4, 0.5) is 5.82 Å². The van der Waals surface area contributed by atoms with Crippen molar-refractivity contribution in [2.24, 2.45) is 0 Å². The maximum Gasteiger partial charge on any atom is 0.147 e. The second-order valence-electron chi connectivity index (χ2n) is 6.47. The smallest absolute Gasteiger partial charge is 0.147 e. The van der Waals surface area contributed by atoms with Crippen LogP contribution in [-0.2, 0) is 0 Å². The fraction of sp³-hybridized carbons (Fsp3) is 0.0909. The van der Waals surface area contributed by atoms with Crippen LogP contribution in [0.1, 0.15) is 22.7 Å². The van der Waals surface area contributed by atoms with E-state index in [1.54, 1.807) is 24.5 Å². The zero-order valence-corrected chi connectivity index (χ0v) is 14.8. The lowest BCUT2D eigenvalue weighted by atomic mass is 9.96. The second kappa shape index (κ2) is 6.96. The molecule has 1 atom stereocenters. The highest BCUT2D eigenvalue weighted by atomic mass is 16.3. The molecular formula is C22H19N3O2. The van der Waals surface area contributed by atoms with Gasteiger partial charge in [-0.3, -0.25) is 4.98 Å². The van der Waals surface area contributed by atoms with Gasteiger partial charge in [-0.05, 0) is 48.4 Å². The summed E-state index contributed by atoms with van der Waals surface area (Å²) < 4.78 is 0. The van der Waals surface area contributed by atoms with Crippen molar-refractivity contribution in [1.29, 1.82) is 0 Å². The topological polar surface area (TPSA) is 78.3 Å². The number of aryl methyl sites for hydroxylation is 1. The largest absolute Gasteiger partial charge is 0.508 e. The van der Waals surface area contributed by atoms with Crippen molar-refractivity contribution < 1.29 is 10.2 Å². The monoisotopic (exact) mass is 357 g/mol. The number of hydrogen-bond donors (Lipinski definition) is 3. The first-order valence-electron chi connectivity index (χ1n) is 8.66. The number of rotatable bonds is 4. The van der Waals surface area contributed by atoms with E-state index in [1.165, 1.54) is 0 Å². The standard InChI is InChI=1S/C22H19N3O2/c1-14-10-12-23-19(13-14)25-20(16-4-7-17(26)8-5-16)18-9-6-15-3-2-11-24-21(15)22(18)27/h2-13,20,26-27H,1H3,(H,23,25)/t20-/m0/s1. The fourth-order valence-corrected chi connectivity index (χ4v) is 3.15. The summed E-state index contributed by atoms with van der Waals surface area (Å²) in [6, 6.07) is 18.0. The number of pyridine rings is 2. The van der Waals surface area contributed by atoms with E-state index in [2.05, 4.69) is 15.3 Å². The molecule has 2 aromatic carbocycles. The van der Waals surface area contributed by atoms with Gasteiger partial charge in [0.15, 0.2) is 0 Å². The fourth-order valence-electron chi connectivity index (χ4n) is 3.15. The van der Waals surface area contributed by atoms with Crippen molar-refractivity contribution in [3.63, 3.8) is 0 Å². The quantitative estimate of drug-likeness (QED) is 0.499. The van der Waals surface area contributed by atoms with E-state index in [0.717, 1.165) is 16.5 Å². The van der Waals surface area contributed by atoms with Crippen LogP contribution in [0.25, 0.3) is 10.9 Å². The maximum atomic E-state index is 10.9. The van der Waals surface area contributed by atoms with Crippen LogP contribution in [0.2, 0.25) is 0 Å². The third kappa shape index (κ3) is 3.40. The molecule has 4 aromatic rings. The lowest BCUT2D eigenvalue weighted by Crippen LogP contribution is -2.13. The van der Waals surface area contributed by atoms with Gasteiger partial charge in [0.1, 0.15) is 22.8 Å². The molecule has 5 nitrogen and oxygen atoms in total. The van der Waals surface area contributed by atoms with Crippen LogP contribution in [0.5, 0.6) is 11.5 Å². The molecule has 5 heteroatoms. The minimum absolute atomic E-state index is 0.131. The van der Waals surface area contributed by atoms with Gasteiger partial charge in [-0.25, -0.2) is 4.98 Å². The predicted molar refractivity (Wildman–Crippen MR) is 106 cm³/mol. The summed E-state index contributed by atoms with van der Waals surface area (Å²) >= 11 is 0. The molecule has 0 bridgehead atoms. The van der Waals surface area contributed by atoms with Gasteiger partial charge in [-0.15, -0.1) is 0 Å². The van der Waals surface area contributed by atoms with Gasteiger partial charge in [0.2, 0.25) is 0 Å². The van der Waals surface area contributed by atoms with Gasteiger partial charge < -0.3 is 15.5 Å². The summed E-state index contributed by atoms with van der Waals surface area (Å²) in [5.41, 5.74) is 3.22. The van der Waals surface area contributed by atoms with Gasteiger partial charge in [0.05, 0.1) is 6.04 Å². The Morgan fingerprint density at radius 3 is 2.48 bits per heavy atom. The highest BCUT2D eigenvalue weighted by Crippen LogP contribution is 2.36. The average Bonchev–Trinajstić information content (AvgIpc) is 2.68. The van der Waals surface area contributed by atoms with Crippen LogP contribution in [0, 0.1) is 6.92 Å². The van der Waals surface area contributed by atoms with E-state index in [1.807, 2.05) is 55.5 Å². The second-order valence-corrected chi connectivity index (χ2v) is 6.47. The highest BCUT2D eigenvalue weighted by Gasteiger charge is 2.20. The minimum atomic E-state index is -0.355. The van der Waals surface area contributed by atoms with Crippen molar-refractivity contribution >= 4 is 16.7 Å². The van der Waals surface area contributed by atoms with E-state index < -0.39 is 0 Å². The summed E-state index contributed by atoms with van der Waals surface area (Å²) in [5, 5.41) is 24.8. The number of benzene rings is 2. The Morgan fingerprint density at radius 2 is 1.70 bits per heavy atom. The van der Waals surface area contributed by atoms with E-state index in [0.29, 0.717) is 16.9 Å². The summed E-state index contributed by atoms with van der Waals surface area (Å²) in [7, 11) is 0. The number of aromatic nitrogens is 2. The van der Waals surface area contributed by atoms with Gasteiger partial charge >= 0.3 is 0 Å². The minimum Gasteiger partial charge on any atom is -0.508 e. The van der Waals surface area contributed by atoms with E-state index in [-0.39, 0.29) is 17.5 Å². The molecule has 2 aromatic heterocycles. The van der Waals surface area contributed by atoms with E-state index in [4.69, 9.17) is 0 Å². The van der Waals surface area contributed by atoms with E-state index >= 15 is 0 Å². The molecule has 0 unspecified atom stereocenters. The van der Waals surface area contributed by atoms with Crippen LogP contribution in [0.15, 0.2) is 73.1 Å². The summed E-state index contributed by atoms with van der Waals surface area (Å²) in [6.45, 7) is 2.00. The molecule has 0 saturated heterocycles. The Bertz CT molecular complexity index is 1090. The molecule has 3 N–H and O–H groups in total. The number of phenols is 2. The number of nitrogens with zero attached hydrogens (tertiary/aromatic N) is 2. The van der Waals surface area contributed by atoms with Gasteiger partial charge in [-0.1, -0.05) is 30.3 Å². The van der Waals surface area contributed by atoms with Crippen molar-refractivity contribution in [1.82, 2.24) is 9.97 Å².